The number of rotatable bonds is 5. The molecular formula is C24H26N2O3S. The van der Waals surface area contributed by atoms with Gasteiger partial charge < -0.3 is 4.74 Å². The minimum Gasteiger partial charge on any atom is -0.488 e. The van der Waals surface area contributed by atoms with Crippen LogP contribution in [0.15, 0.2) is 65.8 Å². The van der Waals surface area contributed by atoms with Gasteiger partial charge in [0.1, 0.15) is 12.4 Å². The van der Waals surface area contributed by atoms with Gasteiger partial charge in [0.15, 0.2) is 0 Å². The maximum atomic E-state index is 13.6. The smallest absolute Gasteiger partial charge is 0.243 e. The minimum atomic E-state index is -3.57. The van der Waals surface area contributed by atoms with Crippen molar-refractivity contribution in [2.75, 3.05) is 13.1 Å². The van der Waals surface area contributed by atoms with Gasteiger partial charge in [0.05, 0.1) is 4.90 Å². The Morgan fingerprint density at radius 2 is 1.70 bits per heavy atom. The summed E-state index contributed by atoms with van der Waals surface area (Å²) in [5.74, 6) is 1.56. The van der Waals surface area contributed by atoms with Crippen LogP contribution in [0.1, 0.15) is 31.2 Å². The maximum absolute atomic E-state index is 13.6. The average molecular weight is 423 g/mol. The van der Waals surface area contributed by atoms with E-state index in [0.29, 0.717) is 42.2 Å². The van der Waals surface area contributed by atoms with Gasteiger partial charge in [0, 0.05) is 42.5 Å². The summed E-state index contributed by atoms with van der Waals surface area (Å²) in [5, 5.41) is 1.79. The molecule has 2 aliphatic heterocycles. The molecule has 3 aliphatic rings. The quantitative estimate of drug-likeness (QED) is 0.602. The summed E-state index contributed by atoms with van der Waals surface area (Å²) in [6.07, 6.45) is 8.07. The first-order chi connectivity index (χ1) is 14.6. The van der Waals surface area contributed by atoms with Gasteiger partial charge in [0.25, 0.3) is 0 Å². The van der Waals surface area contributed by atoms with Gasteiger partial charge in [0.2, 0.25) is 10.0 Å². The first-order valence-electron chi connectivity index (χ1n) is 10.6. The first-order valence-corrected chi connectivity index (χ1v) is 12.1. The van der Waals surface area contributed by atoms with Gasteiger partial charge in [-0.2, -0.15) is 4.31 Å². The van der Waals surface area contributed by atoms with Gasteiger partial charge in [-0.15, -0.1) is 0 Å². The molecule has 0 unspecified atom stereocenters. The van der Waals surface area contributed by atoms with Crippen LogP contribution in [0.3, 0.4) is 0 Å². The van der Waals surface area contributed by atoms with Crippen molar-refractivity contribution in [2.24, 2.45) is 11.8 Å². The molecule has 3 heterocycles. The van der Waals surface area contributed by atoms with E-state index in [0.717, 1.165) is 42.0 Å². The van der Waals surface area contributed by atoms with E-state index < -0.39 is 10.0 Å². The van der Waals surface area contributed by atoms with Gasteiger partial charge in [-0.25, -0.2) is 8.42 Å². The van der Waals surface area contributed by atoms with Crippen LogP contribution in [-0.4, -0.2) is 30.8 Å². The zero-order chi connectivity index (χ0) is 20.6. The molecule has 3 aromatic rings. The number of hydrogen-bond acceptors (Lipinski definition) is 4. The molecule has 0 N–H and O–H groups in total. The van der Waals surface area contributed by atoms with E-state index in [4.69, 9.17) is 4.74 Å². The van der Waals surface area contributed by atoms with Crippen molar-refractivity contribution in [1.82, 2.24) is 9.29 Å². The highest BCUT2D eigenvalue weighted by Crippen LogP contribution is 2.37. The van der Waals surface area contributed by atoms with E-state index >= 15 is 0 Å². The first kappa shape index (κ1) is 19.5. The fourth-order valence-corrected chi connectivity index (χ4v) is 6.40. The SMILES string of the molecule is O=S(=O)(c1cc(OCc2cccnc2)c2ccccc2c1)N1CC2CCC(CC2)C1. The monoisotopic (exact) mass is 422 g/mol. The lowest BCUT2D eigenvalue weighted by molar-refractivity contribution is 0.308. The second-order valence-corrected chi connectivity index (χ2v) is 10.4. The predicted octanol–water partition coefficient (Wildman–Crippen LogP) is 4.62. The van der Waals surface area contributed by atoms with Crippen LogP contribution in [-0.2, 0) is 16.6 Å². The Labute approximate surface area is 177 Å². The lowest BCUT2D eigenvalue weighted by Gasteiger charge is -2.23. The highest BCUT2D eigenvalue weighted by Gasteiger charge is 2.36. The molecule has 6 rings (SSSR count). The van der Waals surface area contributed by atoms with E-state index in [-0.39, 0.29) is 0 Å². The molecule has 1 saturated carbocycles. The molecule has 3 fully saturated rings. The normalized spacial score (nSPS) is 22.1. The molecule has 1 aliphatic carbocycles. The summed E-state index contributed by atoms with van der Waals surface area (Å²) in [6, 6.07) is 15.1. The molecule has 1 aromatic heterocycles. The van der Waals surface area contributed by atoms with Crippen LogP contribution >= 0.6 is 0 Å². The standard InChI is InChI=1S/C24H26N2O3S/c27-30(28,26-15-18-7-8-19(16-26)10-9-18)22-12-21-5-1-2-6-23(21)24(13-22)29-17-20-4-3-11-25-14-20/h1-6,11-14,18-19H,7-10,15-17H2. The number of fused-ring (bicyclic) bond motifs is 5. The van der Waals surface area contributed by atoms with Crippen LogP contribution in [0.5, 0.6) is 5.75 Å². The van der Waals surface area contributed by atoms with Gasteiger partial charge in [-0.1, -0.05) is 30.3 Å². The highest BCUT2D eigenvalue weighted by atomic mass is 32.2. The molecule has 0 spiro atoms. The van der Waals surface area contributed by atoms with Crippen LogP contribution < -0.4 is 4.74 Å². The number of hydrogen-bond donors (Lipinski definition) is 0. The van der Waals surface area contributed by atoms with Gasteiger partial charge in [-0.05, 0) is 55.0 Å². The molecule has 6 heteroatoms. The zero-order valence-corrected chi connectivity index (χ0v) is 17.7. The van der Waals surface area contributed by atoms with Crippen molar-refractivity contribution in [2.45, 2.75) is 37.2 Å². The Morgan fingerprint density at radius 3 is 2.40 bits per heavy atom. The minimum absolute atomic E-state index is 0.323. The number of ether oxygens (including phenoxy) is 1. The van der Waals surface area contributed by atoms with E-state index in [1.165, 1.54) is 0 Å². The van der Waals surface area contributed by atoms with Crippen LogP contribution in [0.4, 0.5) is 0 Å². The summed E-state index contributed by atoms with van der Waals surface area (Å²) in [6.45, 7) is 1.62. The predicted molar refractivity (Wildman–Crippen MR) is 117 cm³/mol. The fraction of sp³-hybridized carbons (Fsp3) is 0.375. The van der Waals surface area contributed by atoms with Crippen molar-refractivity contribution in [3.05, 3.63) is 66.5 Å². The third-order valence-corrected chi connectivity index (χ3v) is 8.25. The number of pyridine rings is 1. The molecule has 0 radical (unpaired) electrons. The molecule has 156 valence electrons. The third kappa shape index (κ3) is 3.82. The molecule has 30 heavy (non-hydrogen) atoms. The lowest BCUT2D eigenvalue weighted by atomic mass is 9.84. The maximum Gasteiger partial charge on any atom is 0.243 e. The fourth-order valence-electron chi connectivity index (χ4n) is 4.75. The average Bonchev–Trinajstić information content (AvgIpc) is 3.13. The molecule has 2 bridgehead atoms. The van der Waals surface area contributed by atoms with Gasteiger partial charge >= 0.3 is 0 Å². The summed E-state index contributed by atoms with van der Waals surface area (Å²) >= 11 is 0. The van der Waals surface area contributed by atoms with Crippen molar-refractivity contribution < 1.29 is 13.2 Å². The van der Waals surface area contributed by atoms with Crippen LogP contribution in [0, 0.1) is 11.8 Å². The molecule has 2 aromatic carbocycles. The Bertz CT molecular complexity index is 1130. The second-order valence-electron chi connectivity index (χ2n) is 8.50. The largest absolute Gasteiger partial charge is 0.488 e. The van der Waals surface area contributed by atoms with E-state index in [1.54, 1.807) is 28.8 Å². The summed E-state index contributed by atoms with van der Waals surface area (Å²) < 4.78 is 35.0. The summed E-state index contributed by atoms with van der Waals surface area (Å²) in [7, 11) is -3.57. The Balaban J connectivity index is 1.51. The number of aromatic nitrogens is 1. The van der Waals surface area contributed by atoms with Gasteiger partial charge in [-0.3, -0.25) is 4.98 Å². The number of sulfonamides is 1. The molecule has 2 saturated heterocycles. The number of nitrogens with zero attached hydrogens (tertiary/aromatic N) is 2. The second kappa shape index (κ2) is 8.00. The Kier molecular flexibility index (Phi) is 5.21. The topological polar surface area (TPSA) is 59.5 Å². The number of benzene rings is 2. The van der Waals surface area contributed by atoms with Crippen molar-refractivity contribution >= 4 is 20.8 Å². The van der Waals surface area contributed by atoms with Crippen molar-refractivity contribution in [3.63, 3.8) is 0 Å². The van der Waals surface area contributed by atoms with Crippen LogP contribution in [0.2, 0.25) is 0 Å². The highest BCUT2D eigenvalue weighted by molar-refractivity contribution is 7.89. The molecule has 0 atom stereocenters. The summed E-state index contributed by atoms with van der Waals surface area (Å²) in [4.78, 5) is 4.45. The molecule has 5 nitrogen and oxygen atoms in total. The Morgan fingerprint density at radius 1 is 0.967 bits per heavy atom. The van der Waals surface area contributed by atoms with Crippen molar-refractivity contribution in [3.8, 4) is 5.75 Å². The summed E-state index contributed by atoms with van der Waals surface area (Å²) in [5.41, 5.74) is 0.943. The van der Waals surface area contributed by atoms with Crippen LogP contribution in [0.25, 0.3) is 10.8 Å². The lowest BCUT2D eigenvalue weighted by Crippen LogP contribution is -2.34. The Hall–Kier alpha value is -2.44. The van der Waals surface area contributed by atoms with E-state index in [2.05, 4.69) is 4.98 Å². The third-order valence-electron chi connectivity index (χ3n) is 6.44. The molecular weight excluding hydrogens is 396 g/mol. The van der Waals surface area contributed by atoms with E-state index in [9.17, 15) is 8.42 Å². The zero-order valence-electron chi connectivity index (χ0n) is 16.9. The van der Waals surface area contributed by atoms with E-state index in [1.807, 2.05) is 36.4 Å². The van der Waals surface area contributed by atoms with Crippen molar-refractivity contribution in [1.29, 1.82) is 0 Å². The molecule has 0 amide bonds.